The molecule has 2 heteroatoms. The Morgan fingerprint density at radius 2 is 1.89 bits per heavy atom. The van der Waals surface area contributed by atoms with Crippen molar-refractivity contribution in [3.8, 4) is 0 Å². The van der Waals surface area contributed by atoms with Gasteiger partial charge in [0, 0.05) is 19.8 Å². The van der Waals surface area contributed by atoms with Crippen molar-refractivity contribution in [2.75, 3.05) is 19.0 Å². The Bertz CT molecular complexity index is 494. The van der Waals surface area contributed by atoms with E-state index in [2.05, 4.69) is 23.1 Å². The summed E-state index contributed by atoms with van der Waals surface area (Å²) < 4.78 is 0. The molecule has 0 atom stereocenters. The SMILES string of the molecule is CN(C)c1ccc(/C=C/C(=O)C2=CCCCC2)cc1. The first kappa shape index (κ1) is 13.6. The second-order valence-electron chi connectivity index (χ2n) is 5.16. The second kappa shape index (κ2) is 6.37. The van der Waals surface area contributed by atoms with E-state index < -0.39 is 0 Å². The van der Waals surface area contributed by atoms with Crippen LogP contribution in [0.1, 0.15) is 31.2 Å². The summed E-state index contributed by atoms with van der Waals surface area (Å²) in [4.78, 5) is 14.0. The number of ketones is 1. The lowest BCUT2D eigenvalue weighted by Crippen LogP contribution is -2.07. The molecule has 0 aromatic heterocycles. The third kappa shape index (κ3) is 3.82. The quantitative estimate of drug-likeness (QED) is 0.762. The molecule has 0 fully saturated rings. The van der Waals surface area contributed by atoms with Crippen LogP contribution in [-0.4, -0.2) is 19.9 Å². The van der Waals surface area contributed by atoms with E-state index in [1.54, 1.807) is 6.08 Å². The molecule has 0 saturated heterocycles. The molecule has 100 valence electrons. The van der Waals surface area contributed by atoms with Crippen LogP contribution in [0, 0.1) is 0 Å². The molecule has 1 aromatic carbocycles. The van der Waals surface area contributed by atoms with Gasteiger partial charge in [0.15, 0.2) is 5.78 Å². The fourth-order valence-corrected chi connectivity index (χ4v) is 2.22. The van der Waals surface area contributed by atoms with Crippen LogP contribution in [0.15, 0.2) is 42.0 Å². The standard InChI is InChI=1S/C17H21NO/c1-18(2)16-11-8-14(9-12-16)10-13-17(19)15-6-4-3-5-7-15/h6,8-13H,3-5,7H2,1-2H3/b13-10+. The summed E-state index contributed by atoms with van der Waals surface area (Å²) in [5, 5.41) is 0. The zero-order valence-electron chi connectivity index (χ0n) is 11.7. The van der Waals surface area contributed by atoms with Crippen LogP contribution in [0.25, 0.3) is 6.08 Å². The van der Waals surface area contributed by atoms with E-state index in [1.165, 1.54) is 12.1 Å². The normalized spacial score (nSPS) is 15.4. The molecule has 1 aliphatic carbocycles. The Morgan fingerprint density at radius 1 is 1.16 bits per heavy atom. The fourth-order valence-electron chi connectivity index (χ4n) is 2.22. The first-order valence-electron chi connectivity index (χ1n) is 6.85. The summed E-state index contributed by atoms with van der Waals surface area (Å²) in [5.41, 5.74) is 3.21. The van der Waals surface area contributed by atoms with Gasteiger partial charge in [-0.25, -0.2) is 0 Å². The summed E-state index contributed by atoms with van der Waals surface area (Å²) >= 11 is 0. The Labute approximate surface area is 115 Å². The van der Waals surface area contributed by atoms with Gasteiger partial charge in [0.05, 0.1) is 0 Å². The molecule has 1 aromatic rings. The average Bonchev–Trinajstić information content (AvgIpc) is 2.46. The lowest BCUT2D eigenvalue weighted by molar-refractivity contribution is -0.111. The molecular formula is C17H21NO. The van der Waals surface area contributed by atoms with Crippen molar-refractivity contribution in [1.29, 1.82) is 0 Å². The van der Waals surface area contributed by atoms with Crippen LogP contribution >= 0.6 is 0 Å². The van der Waals surface area contributed by atoms with Gasteiger partial charge in [0.2, 0.25) is 0 Å². The maximum absolute atomic E-state index is 12.0. The number of carbonyl (C=O) groups is 1. The highest BCUT2D eigenvalue weighted by Crippen LogP contribution is 2.19. The average molecular weight is 255 g/mol. The summed E-state index contributed by atoms with van der Waals surface area (Å²) in [6, 6.07) is 8.19. The van der Waals surface area contributed by atoms with E-state index in [-0.39, 0.29) is 5.78 Å². The van der Waals surface area contributed by atoms with Crippen LogP contribution in [0.4, 0.5) is 5.69 Å². The highest BCUT2D eigenvalue weighted by Gasteiger charge is 2.08. The van der Waals surface area contributed by atoms with Crippen LogP contribution in [0.5, 0.6) is 0 Å². The molecule has 0 radical (unpaired) electrons. The first-order valence-corrected chi connectivity index (χ1v) is 6.85. The Morgan fingerprint density at radius 3 is 2.47 bits per heavy atom. The molecule has 0 bridgehead atoms. The van der Waals surface area contributed by atoms with E-state index in [4.69, 9.17) is 0 Å². The third-order valence-electron chi connectivity index (χ3n) is 3.44. The monoisotopic (exact) mass is 255 g/mol. The number of benzene rings is 1. The van der Waals surface area contributed by atoms with E-state index >= 15 is 0 Å². The van der Waals surface area contributed by atoms with Gasteiger partial charge >= 0.3 is 0 Å². The first-order chi connectivity index (χ1) is 9.16. The van der Waals surface area contributed by atoms with Gasteiger partial charge < -0.3 is 4.90 Å². The molecule has 0 spiro atoms. The molecule has 19 heavy (non-hydrogen) atoms. The minimum absolute atomic E-state index is 0.163. The maximum atomic E-state index is 12.0. The zero-order chi connectivity index (χ0) is 13.7. The van der Waals surface area contributed by atoms with Gasteiger partial charge in [0.1, 0.15) is 0 Å². The van der Waals surface area contributed by atoms with Crippen LogP contribution in [-0.2, 0) is 4.79 Å². The highest BCUT2D eigenvalue weighted by molar-refractivity contribution is 6.06. The molecule has 2 nitrogen and oxygen atoms in total. The smallest absolute Gasteiger partial charge is 0.181 e. The third-order valence-corrected chi connectivity index (χ3v) is 3.44. The lowest BCUT2D eigenvalue weighted by Gasteiger charge is -2.12. The topological polar surface area (TPSA) is 20.3 Å². The van der Waals surface area contributed by atoms with Crippen molar-refractivity contribution < 1.29 is 4.79 Å². The summed E-state index contributed by atoms with van der Waals surface area (Å²) in [5.74, 6) is 0.163. The van der Waals surface area contributed by atoms with Crippen molar-refractivity contribution >= 4 is 17.5 Å². The van der Waals surface area contributed by atoms with Crippen molar-refractivity contribution in [2.24, 2.45) is 0 Å². The minimum Gasteiger partial charge on any atom is -0.378 e. The van der Waals surface area contributed by atoms with Crippen LogP contribution < -0.4 is 4.90 Å². The Balaban J connectivity index is 2.01. The van der Waals surface area contributed by atoms with Crippen molar-refractivity contribution in [2.45, 2.75) is 25.7 Å². The minimum atomic E-state index is 0.163. The van der Waals surface area contributed by atoms with Gasteiger partial charge in [0.25, 0.3) is 0 Å². The van der Waals surface area contributed by atoms with Gasteiger partial charge in [-0.2, -0.15) is 0 Å². The van der Waals surface area contributed by atoms with Gasteiger partial charge in [-0.05, 0) is 55.0 Å². The van der Waals surface area contributed by atoms with E-state index in [9.17, 15) is 4.79 Å². The molecule has 1 aliphatic rings. The molecule has 0 unspecified atom stereocenters. The second-order valence-corrected chi connectivity index (χ2v) is 5.16. The maximum Gasteiger partial charge on any atom is 0.181 e. The molecule has 2 rings (SSSR count). The fraction of sp³-hybridized carbons (Fsp3) is 0.353. The van der Waals surface area contributed by atoms with Gasteiger partial charge in [-0.15, -0.1) is 0 Å². The molecule has 0 saturated carbocycles. The number of anilines is 1. The van der Waals surface area contributed by atoms with Crippen molar-refractivity contribution in [1.82, 2.24) is 0 Å². The predicted molar refractivity (Wildman–Crippen MR) is 81.4 cm³/mol. The number of hydrogen-bond acceptors (Lipinski definition) is 2. The van der Waals surface area contributed by atoms with E-state index in [0.29, 0.717) is 0 Å². The summed E-state index contributed by atoms with van der Waals surface area (Å²) in [6.07, 6.45) is 10.0. The Hall–Kier alpha value is -1.83. The zero-order valence-corrected chi connectivity index (χ0v) is 11.7. The van der Waals surface area contributed by atoms with Crippen LogP contribution in [0.2, 0.25) is 0 Å². The molecule has 0 N–H and O–H groups in total. The molecular weight excluding hydrogens is 234 g/mol. The van der Waals surface area contributed by atoms with Crippen molar-refractivity contribution in [3.05, 3.63) is 47.6 Å². The van der Waals surface area contributed by atoms with Crippen LogP contribution in [0.3, 0.4) is 0 Å². The number of allylic oxidation sites excluding steroid dienone is 3. The number of hydrogen-bond donors (Lipinski definition) is 0. The summed E-state index contributed by atoms with van der Waals surface area (Å²) in [7, 11) is 4.04. The number of rotatable bonds is 4. The molecule has 0 amide bonds. The summed E-state index contributed by atoms with van der Waals surface area (Å²) in [6.45, 7) is 0. The number of carbonyl (C=O) groups excluding carboxylic acids is 1. The largest absolute Gasteiger partial charge is 0.378 e. The van der Waals surface area contributed by atoms with Crippen molar-refractivity contribution in [3.63, 3.8) is 0 Å². The molecule has 0 aliphatic heterocycles. The Kier molecular flexibility index (Phi) is 4.56. The van der Waals surface area contributed by atoms with Gasteiger partial charge in [-0.3, -0.25) is 4.79 Å². The predicted octanol–water partition coefficient (Wildman–Crippen LogP) is 3.84. The van der Waals surface area contributed by atoms with E-state index in [0.717, 1.165) is 30.4 Å². The molecule has 0 heterocycles. The number of nitrogens with zero attached hydrogens (tertiary/aromatic N) is 1. The highest BCUT2D eigenvalue weighted by atomic mass is 16.1. The lowest BCUT2D eigenvalue weighted by atomic mass is 9.96. The van der Waals surface area contributed by atoms with Gasteiger partial charge in [-0.1, -0.05) is 24.3 Å². The van der Waals surface area contributed by atoms with E-state index in [1.807, 2.05) is 32.3 Å².